The molecule has 1 heterocycles. The first kappa shape index (κ1) is 19.6. The molecular weight excluding hydrogens is 380 g/mol. The predicted molar refractivity (Wildman–Crippen MR) is 102 cm³/mol. The molecule has 29 heavy (non-hydrogen) atoms. The van der Waals surface area contributed by atoms with Gasteiger partial charge in [-0.3, -0.25) is 14.9 Å². The summed E-state index contributed by atoms with van der Waals surface area (Å²) in [6.07, 6.45) is 0. The highest BCUT2D eigenvalue weighted by atomic mass is 16.7. The quantitative estimate of drug-likeness (QED) is 0.363. The normalized spacial score (nSPS) is 10.2. The fourth-order valence-electron chi connectivity index (χ4n) is 2.28. The van der Waals surface area contributed by atoms with Crippen molar-refractivity contribution in [1.29, 1.82) is 0 Å². The highest BCUT2D eigenvalue weighted by Gasteiger charge is 2.19. The minimum atomic E-state index is -0.977. The zero-order chi connectivity index (χ0) is 20.8. The van der Waals surface area contributed by atoms with Gasteiger partial charge >= 0.3 is 11.9 Å². The van der Waals surface area contributed by atoms with E-state index >= 15 is 0 Å². The Morgan fingerprint density at radius 2 is 1.62 bits per heavy atom. The molecule has 1 amide bonds. The summed E-state index contributed by atoms with van der Waals surface area (Å²) < 4.78 is 15.2. The smallest absolute Gasteiger partial charge is 0.433 e. The largest absolute Gasteiger partial charge is 0.457 e. The highest BCUT2D eigenvalue weighted by Crippen LogP contribution is 2.23. The van der Waals surface area contributed by atoms with Crippen LogP contribution in [-0.2, 0) is 9.53 Å². The number of furan rings is 1. The van der Waals surface area contributed by atoms with Crippen molar-refractivity contribution in [2.24, 2.45) is 0 Å². The van der Waals surface area contributed by atoms with Crippen molar-refractivity contribution in [2.45, 2.75) is 6.92 Å². The molecule has 0 radical (unpaired) electrons. The first-order valence-corrected chi connectivity index (χ1v) is 8.46. The maximum atomic E-state index is 11.9. The number of aryl methyl sites for hydroxylation is 1. The number of benzene rings is 2. The molecule has 2 aromatic carbocycles. The standard InChI is InChI=1S/C20H16N2O7/c1-13-2-6-15(7-3-13)28-16-8-4-14(5-9-16)21-18(23)12-27-20(24)17-10-11-19(29-17)22(25)26/h2-11H,12H2,1H3,(H,21,23). The van der Waals surface area contributed by atoms with Gasteiger partial charge in [0.25, 0.3) is 5.91 Å². The Bertz CT molecular complexity index is 1020. The third-order valence-electron chi connectivity index (χ3n) is 3.70. The number of rotatable bonds is 7. The number of hydrogen-bond donors (Lipinski definition) is 1. The predicted octanol–water partition coefficient (Wildman–Crippen LogP) is 4.08. The van der Waals surface area contributed by atoms with E-state index in [1.807, 2.05) is 31.2 Å². The summed E-state index contributed by atoms with van der Waals surface area (Å²) in [4.78, 5) is 33.4. The minimum absolute atomic E-state index is 0.359. The minimum Gasteiger partial charge on any atom is -0.457 e. The van der Waals surface area contributed by atoms with E-state index in [2.05, 4.69) is 5.32 Å². The van der Waals surface area contributed by atoms with Crippen LogP contribution < -0.4 is 10.1 Å². The number of carbonyl (C=O) groups excluding carboxylic acids is 2. The van der Waals surface area contributed by atoms with Gasteiger partial charge in [-0.25, -0.2) is 4.79 Å². The molecule has 9 heteroatoms. The Morgan fingerprint density at radius 3 is 2.21 bits per heavy atom. The van der Waals surface area contributed by atoms with Crippen LogP contribution in [0.2, 0.25) is 0 Å². The number of nitrogens with zero attached hydrogens (tertiary/aromatic N) is 1. The van der Waals surface area contributed by atoms with Gasteiger partial charge in [0.1, 0.15) is 16.4 Å². The molecule has 0 aliphatic carbocycles. The van der Waals surface area contributed by atoms with Crippen LogP contribution in [0.5, 0.6) is 11.5 Å². The summed E-state index contributed by atoms with van der Waals surface area (Å²) in [5, 5.41) is 13.1. The van der Waals surface area contributed by atoms with Crippen LogP contribution in [0.1, 0.15) is 16.1 Å². The Balaban J connectivity index is 1.49. The third-order valence-corrected chi connectivity index (χ3v) is 3.70. The molecule has 0 atom stereocenters. The Morgan fingerprint density at radius 1 is 1.00 bits per heavy atom. The molecule has 3 aromatic rings. The van der Waals surface area contributed by atoms with E-state index in [4.69, 9.17) is 13.9 Å². The van der Waals surface area contributed by atoms with Crippen molar-refractivity contribution in [3.05, 3.63) is 82.1 Å². The fraction of sp³-hybridized carbons (Fsp3) is 0.100. The molecule has 0 aliphatic heterocycles. The van der Waals surface area contributed by atoms with E-state index in [1.165, 1.54) is 0 Å². The first-order valence-electron chi connectivity index (χ1n) is 8.46. The number of hydrogen-bond acceptors (Lipinski definition) is 7. The number of nitrogens with one attached hydrogen (secondary N) is 1. The summed E-state index contributed by atoms with van der Waals surface area (Å²) >= 11 is 0. The summed E-state index contributed by atoms with van der Waals surface area (Å²) in [6, 6.07) is 16.4. The van der Waals surface area contributed by atoms with Crippen molar-refractivity contribution in [1.82, 2.24) is 0 Å². The average Bonchev–Trinajstić information content (AvgIpc) is 3.20. The van der Waals surface area contributed by atoms with Gasteiger partial charge in [0.15, 0.2) is 6.61 Å². The molecular formula is C20H16N2O7. The van der Waals surface area contributed by atoms with Gasteiger partial charge in [0.2, 0.25) is 5.76 Å². The average molecular weight is 396 g/mol. The van der Waals surface area contributed by atoms with Gasteiger partial charge in [-0.2, -0.15) is 0 Å². The lowest BCUT2D eigenvalue weighted by Gasteiger charge is -2.08. The molecule has 3 rings (SSSR count). The number of amides is 1. The van der Waals surface area contributed by atoms with E-state index in [-0.39, 0.29) is 5.76 Å². The lowest BCUT2D eigenvalue weighted by molar-refractivity contribution is -0.402. The second-order valence-corrected chi connectivity index (χ2v) is 5.96. The van der Waals surface area contributed by atoms with Crippen LogP contribution in [0, 0.1) is 17.0 Å². The van der Waals surface area contributed by atoms with E-state index < -0.39 is 29.3 Å². The summed E-state index contributed by atoms with van der Waals surface area (Å²) in [7, 11) is 0. The SMILES string of the molecule is Cc1ccc(Oc2ccc(NC(=O)COC(=O)c3ccc([N+](=O)[O-])o3)cc2)cc1. The van der Waals surface area contributed by atoms with Crippen molar-refractivity contribution >= 4 is 23.4 Å². The van der Waals surface area contributed by atoms with Gasteiger partial charge < -0.3 is 19.2 Å². The molecule has 1 aromatic heterocycles. The first-order chi connectivity index (χ1) is 13.9. The van der Waals surface area contributed by atoms with Crippen molar-refractivity contribution in [3.63, 3.8) is 0 Å². The Kier molecular flexibility index (Phi) is 5.88. The molecule has 0 saturated carbocycles. The lowest BCUT2D eigenvalue weighted by atomic mass is 10.2. The zero-order valence-corrected chi connectivity index (χ0v) is 15.3. The Hall–Kier alpha value is -4.14. The van der Waals surface area contributed by atoms with Crippen LogP contribution in [0.3, 0.4) is 0 Å². The second kappa shape index (κ2) is 8.70. The molecule has 0 spiro atoms. The fourth-order valence-corrected chi connectivity index (χ4v) is 2.28. The molecule has 1 N–H and O–H groups in total. The topological polar surface area (TPSA) is 121 Å². The number of anilines is 1. The van der Waals surface area contributed by atoms with Crippen molar-refractivity contribution in [2.75, 3.05) is 11.9 Å². The molecule has 0 bridgehead atoms. The van der Waals surface area contributed by atoms with Crippen LogP contribution in [0.25, 0.3) is 0 Å². The number of ether oxygens (including phenoxy) is 2. The van der Waals surface area contributed by atoms with Crippen LogP contribution >= 0.6 is 0 Å². The summed E-state index contributed by atoms with van der Waals surface area (Å²) in [5.41, 5.74) is 1.61. The van der Waals surface area contributed by atoms with Crippen molar-refractivity contribution < 1.29 is 28.4 Å². The van der Waals surface area contributed by atoms with Crippen LogP contribution in [0.4, 0.5) is 11.6 Å². The van der Waals surface area contributed by atoms with Crippen molar-refractivity contribution in [3.8, 4) is 11.5 Å². The maximum absolute atomic E-state index is 11.9. The molecule has 0 aliphatic rings. The Labute approximate surface area is 165 Å². The summed E-state index contributed by atoms with van der Waals surface area (Å²) in [5.74, 6) is -1.21. The monoisotopic (exact) mass is 396 g/mol. The van der Waals surface area contributed by atoms with Gasteiger partial charge in [-0.15, -0.1) is 0 Å². The number of esters is 1. The van der Waals surface area contributed by atoms with E-state index in [1.54, 1.807) is 24.3 Å². The van der Waals surface area contributed by atoms with Gasteiger partial charge in [0.05, 0.1) is 6.07 Å². The molecule has 148 valence electrons. The van der Waals surface area contributed by atoms with Crippen LogP contribution in [-0.4, -0.2) is 23.4 Å². The summed E-state index contributed by atoms with van der Waals surface area (Å²) in [6.45, 7) is 1.41. The van der Waals surface area contributed by atoms with E-state index in [0.29, 0.717) is 17.2 Å². The maximum Gasteiger partial charge on any atom is 0.433 e. The molecule has 0 fully saturated rings. The third kappa shape index (κ3) is 5.42. The lowest BCUT2D eigenvalue weighted by Crippen LogP contribution is -2.20. The van der Waals surface area contributed by atoms with E-state index in [9.17, 15) is 19.7 Å². The zero-order valence-electron chi connectivity index (χ0n) is 15.3. The van der Waals surface area contributed by atoms with E-state index in [0.717, 1.165) is 17.7 Å². The van der Waals surface area contributed by atoms with Gasteiger partial charge in [-0.05, 0) is 49.4 Å². The second-order valence-electron chi connectivity index (χ2n) is 5.96. The number of carbonyl (C=O) groups is 2. The molecule has 0 unspecified atom stereocenters. The van der Waals surface area contributed by atoms with Gasteiger partial charge in [-0.1, -0.05) is 17.7 Å². The van der Waals surface area contributed by atoms with Crippen LogP contribution in [0.15, 0.2) is 65.1 Å². The number of nitro groups is 1. The molecule has 9 nitrogen and oxygen atoms in total. The molecule has 0 saturated heterocycles. The highest BCUT2D eigenvalue weighted by molar-refractivity contribution is 5.94. The van der Waals surface area contributed by atoms with Gasteiger partial charge in [0, 0.05) is 5.69 Å².